The van der Waals surface area contributed by atoms with Crippen molar-refractivity contribution in [3.8, 4) is 5.75 Å². The topological polar surface area (TPSA) is 523 Å². The normalized spacial score (nSPS) is 23.3. The molecule has 0 radical (unpaired) electrons. The number of para-hydroxylation sites is 1. The van der Waals surface area contributed by atoms with Crippen LogP contribution in [-0.4, -0.2) is 216 Å². The maximum absolute atomic E-state index is 14.9. The first-order chi connectivity index (χ1) is 53.1. The Labute approximate surface area is 662 Å². The molecule has 4 rings (SSSR count). The fourth-order valence-electron chi connectivity index (χ4n) is 12.6. The molecule has 2 heterocycles. The van der Waals surface area contributed by atoms with Crippen LogP contribution in [0, 0.1) is 23.2 Å². The SMILES string of the molecule is CC(C)C[C@@H]1CN[C@@H](CCC(N)=O)C(=O)C(=O)C(C)NC(=O)[C@H](Cc2c[nH]c3ccccc23)NC(=O)[C@H](Cc2ccc(O)cc2)NC(=O)C(C)NC(=O)[C@](C)(CC(=O)CN(C)C)CCCCCC/C=C/CCC[C@@](C)(C(=O)NC(C)C(=O)N[C@@H](C)C(=O)NC(C)C(=O)N[C@@H](C)C(=O)C(=O)[C@H](C)NC[C@H](C)C(N)=O)NC1=O.CN. The Hall–Kier alpha value is -10.1. The van der Waals surface area contributed by atoms with Crippen molar-refractivity contribution in [3.05, 3.63) is 78.0 Å². The molecule has 1 aromatic heterocycles. The summed E-state index contributed by atoms with van der Waals surface area (Å²) in [5, 5.41) is 40.4. The van der Waals surface area contributed by atoms with Crippen LogP contribution in [-0.2, 0) is 89.6 Å². The van der Waals surface area contributed by atoms with Gasteiger partial charge >= 0.3 is 0 Å². The van der Waals surface area contributed by atoms with E-state index in [1.54, 1.807) is 56.4 Å². The Morgan fingerprint density at radius 3 is 1.74 bits per heavy atom. The maximum Gasteiger partial charge on any atom is 0.246 e. The van der Waals surface area contributed by atoms with Crippen LogP contribution in [0.5, 0.6) is 5.75 Å². The van der Waals surface area contributed by atoms with E-state index < -0.39 is 178 Å². The summed E-state index contributed by atoms with van der Waals surface area (Å²) in [7, 11) is 4.96. The van der Waals surface area contributed by atoms with Gasteiger partial charge in [0.1, 0.15) is 53.3 Å². The highest BCUT2D eigenvalue weighted by molar-refractivity contribution is 6.41. The Morgan fingerprint density at radius 1 is 0.602 bits per heavy atom. The van der Waals surface area contributed by atoms with E-state index in [1.165, 1.54) is 93.6 Å². The average molecular weight is 1580 g/mol. The Morgan fingerprint density at radius 2 is 1.15 bits per heavy atom. The number of rotatable bonds is 28. The lowest BCUT2D eigenvalue weighted by Crippen LogP contribution is -2.62. The number of H-pyrrole nitrogens is 1. The minimum absolute atomic E-state index is 0.00570. The number of hydrogen-bond donors (Lipinski definition) is 16. The number of nitrogens with two attached hydrogens (primary N) is 3. The van der Waals surface area contributed by atoms with Gasteiger partial charge < -0.3 is 90.7 Å². The number of ketones is 5. The first-order valence-corrected chi connectivity index (χ1v) is 38.7. The highest BCUT2D eigenvalue weighted by atomic mass is 16.3. The van der Waals surface area contributed by atoms with E-state index in [0.29, 0.717) is 54.1 Å². The van der Waals surface area contributed by atoms with Crippen molar-refractivity contribution in [2.45, 2.75) is 245 Å². The van der Waals surface area contributed by atoms with Crippen molar-refractivity contribution >= 4 is 105 Å². The van der Waals surface area contributed by atoms with Crippen molar-refractivity contribution in [3.63, 3.8) is 0 Å². The molecule has 1 aliphatic heterocycles. The number of likely N-dealkylation sites (N-methyl/N-ethyl adjacent to an activating group) is 1. The zero-order chi connectivity index (χ0) is 85.2. The van der Waals surface area contributed by atoms with Gasteiger partial charge in [0.15, 0.2) is 0 Å². The summed E-state index contributed by atoms with van der Waals surface area (Å²) >= 11 is 0. The number of amides is 11. The zero-order valence-corrected chi connectivity index (χ0v) is 68.2. The second-order valence-corrected chi connectivity index (χ2v) is 30.7. The smallest absolute Gasteiger partial charge is 0.246 e. The van der Waals surface area contributed by atoms with Gasteiger partial charge in [-0.3, -0.25) is 76.7 Å². The summed E-state index contributed by atoms with van der Waals surface area (Å²) in [5.74, 6) is -14.8. The number of Topliss-reactive ketones (excluding diaryl/α,β-unsaturated/α-hetero) is 5. The molecule has 19 N–H and O–H groups in total. The Kier molecular flexibility index (Phi) is 40.7. The number of fused-ring (bicyclic) bond motifs is 1. The molecule has 0 bridgehead atoms. The molecule has 0 spiro atoms. The van der Waals surface area contributed by atoms with E-state index in [0.717, 1.165) is 12.8 Å². The molecule has 0 aliphatic carbocycles. The zero-order valence-electron chi connectivity index (χ0n) is 68.2. The van der Waals surface area contributed by atoms with Gasteiger partial charge in [-0.2, -0.15) is 0 Å². The number of nitrogens with zero attached hydrogens (tertiary/aromatic N) is 1. The number of carbonyl (C=O) groups is 16. The van der Waals surface area contributed by atoms with Gasteiger partial charge in [-0.05, 0) is 163 Å². The minimum atomic E-state index is -1.75. The van der Waals surface area contributed by atoms with Crippen LogP contribution in [0.3, 0.4) is 0 Å². The number of aromatic nitrogens is 1. The lowest BCUT2D eigenvalue weighted by Gasteiger charge is -2.33. The van der Waals surface area contributed by atoms with Crippen molar-refractivity contribution in [2.24, 2.45) is 40.4 Å². The van der Waals surface area contributed by atoms with Gasteiger partial charge in [0.2, 0.25) is 88.1 Å². The number of allylic oxidation sites excluding steroid dienone is 2. The van der Waals surface area contributed by atoms with Gasteiger partial charge in [0, 0.05) is 61.8 Å². The van der Waals surface area contributed by atoms with Gasteiger partial charge in [-0.25, -0.2) is 0 Å². The number of aromatic amines is 1. The van der Waals surface area contributed by atoms with Crippen LogP contribution < -0.4 is 75.7 Å². The third-order valence-corrected chi connectivity index (χ3v) is 19.7. The van der Waals surface area contributed by atoms with Crippen LogP contribution in [0.4, 0.5) is 0 Å². The van der Waals surface area contributed by atoms with E-state index in [2.05, 4.69) is 69.2 Å². The Bertz CT molecular complexity index is 3820. The predicted octanol–water partition coefficient (Wildman–Crippen LogP) is 0.976. The summed E-state index contributed by atoms with van der Waals surface area (Å²) in [5.41, 5.74) is 14.1. The largest absolute Gasteiger partial charge is 0.508 e. The first kappa shape index (κ1) is 97.1. The summed E-state index contributed by atoms with van der Waals surface area (Å²) in [6, 6.07) is -0.585. The average Bonchev–Trinajstić information content (AvgIpc) is 1.57. The van der Waals surface area contributed by atoms with Crippen LogP contribution in [0.2, 0.25) is 0 Å². The van der Waals surface area contributed by atoms with Crippen molar-refractivity contribution < 1.29 is 81.8 Å². The predicted molar refractivity (Wildman–Crippen MR) is 426 cm³/mol. The molecular formula is C80H124N16O17. The number of phenolic OH excluding ortho intramolecular Hbond substituents is 1. The number of hydrogen-bond acceptors (Lipinski definition) is 21. The van der Waals surface area contributed by atoms with Crippen molar-refractivity contribution in [2.75, 3.05) is 40.8 Å². The molecular weight excluding hydrogens is 1460 g/mol. The molecule has 1 aliphatic rings. The molecule has 33 heteroatoms. The van der Waals surface area contributed by atoms with Gasteiger partial charge in [0.05, 0.1) is 42.0 Å². The van der Waals surface area contributed by atoms with Crippen molar-refractivity contribution in [1.82, 2.24) is 68.4 Å². The number of nitrogens with one attached hydrogen (secondary N) is 12. The fourth-order valence-corrected chi connectivity index (χ4v) is 12.6. The highest BCUT2D eigenvalue weighted by Gasteiger charge is 2.42. The van der Waals surface area contributed by atoms with Crippen LogP contribution in [0.1, 0.15) is 178 Å². The summed E-state index contributed by atoms with van der Waals surface area (Å²) in [4.78, 5) is 226. The molecule has 4 unspecified atom stereocenters. The molecule has 11 amide bonds. The van der Waals surface area contributed by atoms with Crippen LogP contribution in [0.25, 0.3) is 10.9 Å². The lowest BCUT2D eigenvalue weighted by molar-refractivity contribution is -0.140. The van der Waals surface area contributed by atoms with Gasteiger partial charge in [-0.1, -0.05) is 89.4 Å². The number of benzene rings is 2. The van der Waals surface area contributed by atoms with Crippen LogP contribution >= 0.6 is 0 Å². The Balaban J connectivity index is 0.0000164. The fraction of sp³-hybridized carbons (Fsp3) is 0.600. The molecule has 0 fully saturated rings. The third-order valence-electron chi connectivity index (χ3n) is 19.7. The number of aromatic hydroxyl groups is 1. The molecule has 14 atom stereocenters. The lowest BCUT2D eigenvalue weighted by atomic mass is 9.78. The van der Waals surface area contributed by atoms with E-state index in [1.807, 2.05) is 26.0 Å². The molecule has 0 saturated heterocycles. The van der Waals surface area contributed by atoms with Crippen molar-refractivity contribution in [1.29, 1.82) is 0 Å². The molecule has 2 aromatic carbocycles. The molecule has 3 aromatic rings. The van der Waals surface area contributed by atoms with Gasteiger partial charge in [-0.15, -0.1) is 0 Å². The standard InChI is InChI=1S/C79H119N15O17.CH5N/c1-44(2)36-55-42-84-60(32-33-63(80)97)67(101)66(100)48(6)86-74(108)62(38-54-41-83-59-27-23-22-26-58(54)59)92-75(109)61(37-53-28-30-56(95)31-29-53)91-72(106)52(10)89-76(110)78(11,39-57(96)43-94(13)14)34-24-20-18-16-15-17-19-21-25-35-79(12,93-73(55)107)77(111)90-51(9)71(105)88-50(8)70(104)87-49(7)69(103)85-47(5)65(99)64(98)46(4)82-40-45(3)68(81)102;1-2/h17,19,22-23,26-31,41,44-52,55,60-62,82-84,95H,15-16,18,20-21,24-25,32-40,42-43H2,1-14H3,(H2,80,97)(H2,81,102)(H,85,103)(H,86,108)(H,87,104)(H,88,105)(H,89,110)(H,90,111)(H,91,106)(H,92,109)(H,93,107);2H2,1H3/b19-17+;/t45-,46-,47-,48?,49?,50-,51?,52?,55+,60-,61-,62-,78-,79-;/m0./s1. The van der Waals surface area contributed by atoms with Crippen LogP contribution in [0.15, 0.2) is 66.9 Å². The van der Waals surface area contributed by atoms with E-state index >= 15 is 0 Å². The first-order valence-electron chi connectivity index (χ1n) is 38.7. The summed E-state index contributed by atoms with van der Waals surface area (Å²) in [6.07, 6.45) is 8.80. The maximum atomic E-state index is 14.9. The van der Waals surface area contributed by atoms with Gasteiger partial charge in [0.25, 0.3) is 0 Å². The number of primary amides is 2. The molecule has 33 nitrogen and oxygen atoms in total. The molecule has 626 valence electrons. The summed E-state index contributed by atoms with van der Waals surface area (Å²) < 4.78 is 0. The second kappa shape index (κ2) is 47.4. The molecule has 113 heavy (non-hydrogen) atoms. The van der Waals surface area contributed by atoms with E-state index in [-0.39, 0.29) is 82.0 Å². The quantitative estimate of drug-likeness (QED) is 0.0356. The van der Waals surface area contributed by atoms with E-state index in [4.69, 9.17) is 11.5 Å². The monoisotopic (exact) mass is 1580 g/mol. The number of phenols is 1. The second-order valence-electron chi connectivity index (χ2n) is 30.7. The third kappa shape index (κ3) is 32.5. The number of carbonyl (C=O) groups excluding carboxylic acids is 16. The molecule has 0 saturated carbocycles. The highest BCUT2D eigenvalue weighted by Crippen LogP contribution is 2.31. The summed E-state index contributed by atoms with van der Waals surface area (Å²) in [6.45, 7) is 17.5. The van der Waals surface area contributed by atoms with E-state index in [9.17, 15) is 81.8 Å². The minimum Gasteiger partial charge on any atom is -0.508 e.